The van der Waals surface area contributed by atoms with Gasteiger partial charge < -0.3 is 4.90 Å². The number of nitrogens with zero attached hydrogens (tertiary/aromatic N) is 1. The second kappa shape index (κ2) is 7.82. The van der Waals surface area contributed by atoms with Crippen LogP contribution in [0, 0.1) is 16.7 Å². The van der Waals surface area contributed by atoms with E-state index in [0.29, 0.717) is 10.8 Å². The molecule has 0 aromatic heterocycles. The molecule has 20 heavy (non-hydrogen) atoms. The van der Waals surface area contributed by atoms with Crippen molar-refractivity contribution in [2.75, 3.05) is 19.6 Å². The summed E-state index contributed by atoms with van der Waals surface area (Å²) in [4.78, 5) is 2.70. The molecule has 0 unspecified atom stereocenters. The van der Waals surface area contributed by atoms with E-state index in [1.54, 1.807) is 0 Å². The molecular weight excluding hydrogens is 242 g/mol. The lowest BCUT2D eigenvalue weighted by atomic mass is 9.85. The third-order valence-corrected chi connectivity index (χ3v) is 4.65. The molecule has 1 fully saturated rings. The first-order valence-corrected chi connectivity index (χ1v) is 8.88. The normalized spacial score (nSPS) is 19.5. The minimum Gasteiger partial charge on any atom is -0.303 e. The lowest BCUT2D eigenvalue weighted by Gasteiger charge is -2.33. The molecule has 0 amide bonds. The van der Waals surface area contributed by atoms with Crippen LogP contribution in [0.25, 0.3) is 0 Å². The van der Waals surface area contributed by atoms with Crippen LogP contribution < -0.4 is 0 Å². The van der Waals surface area contributed by atoms with E-state index in [9.17, 15) is 0 Å². The lowest BCUT2D eigenvalue weighted by molar-refractivity contribution is 0.166. The lowest BCUT2D eigenvalue weighted by Crippen LogP contribution is -2.34. The summed E-state index contributed by atoms with van der Waals surface area (Å²) >= 11 is 0. The molecule has 0 atom stereocenters. The van der Waals surface area contributed by atoms with Crippen LogP contribution in [-0.4, -0.2) is 24.5 Å². The van der Waals surface area contributed by atoms with Gasteiger partial charge in [0.25, 0.3) is 0 Å². The first-order valence-electron chi connectivity index (χ1n) is 8.88. The van der Waals surface area contributed by atoms with Gasteiger partial charge in [0, 0.05) is 0 Å². The molecule has 1 aliphatic heterocycles. The average molecular weight is 282 g/mol. The molecule has 0 aromatic carbocycles. The molecule has 1 aliphatic rings. The van der Waals surface area contributed by atoms with E-state index in [2.05, 4.69) is 46.4 Å². The Bertz CT molecular complexity index is 220. The van der Waals surface area contributed by atoms with E-state index in [4.69, 9.17) is 0 Å². The maximum atomic E-state index is 2.70. The predicted molar refractivity (Wildman–Crippen MR) is 91.2 cm³/mol. The van der Waals surface area contributed by atoms with E-state index < -0.39 is 0 Å². The molecule has 0 aliphatic carbocycles. The monoisotopic (exact) mass is 281 g/mol. The molecule has 0 spiro atoms. The first-order chi connectivity index (χ1) is 9.16. The fourth-order valence-corrected chi connectivity index (χ4v) is 3.25. The zero-order valence-electron chi connectivity index (χ0n) is 15.1. The van der Waals surface area contributed by atoms with Crippen LogP contribution in [0.15, 0.2) is 0 Å². The maximum absolute atomic E-state index is 2.70. The fourth-order valence-electron chi connectivity index (χ4n) is 3.25. The molecule has 1 nitrogen and oxygen atoms in total. The van der Waals surface area contributed by atoms with Gasteiger partial charge in [-0.05, 0) is 68.5 Å². The summed E-state index contributed by atoms with van der Waals surface area (Å²) in [6.45, 7) is 18.2. The quantitative estimate of drug-likeness (QED) is 0.600. The zero-order valence-corrected chi connectivity index (χ0v) is 15.1. The van der Waals surface area contributed by atoms with Gasteiger partial charge in [-0.15, -0.1) is 0 Å². The first kappa shape index (κ1) is 18.0. The third kappa shape index (κ3) is 9.00. The average Bonchev–Trinajstić information content (AvgIpc) is 2.28. The summed E-state index contributed by atoms with van der Waals surface area (Å²) in [6, 6.07) is 0. The standard InChI is InChI=1S/C19H39N/c1-18(2,3)12-7-9-17-10-15-20(16-11-17)14-8-13-19(4,5)6/h17H,7-16H2,1-6H3. The third-order valence-electron chi connectivity index (χ3n) is 4.65. The van der Waals surface area contributed by atoms with E-state index in [1.807, 2.05) is 0 Å². The topological polar surface area (TPSA) is 3.24 Å². The van der Waals surface area contributed by atoms with Gasteiger partial charge >= 0.3 is 0 Å². The molecule has 0 saturated carbocycles. The van der Waals surface area contributed by atoms with Crippen molar-refractivity contribution >= 4 is 0 Å². The van der Waals surface area contributed by atoms with Crippen molar-refractivity contribution < 1.29 is 0 Å². The van der Waals surface area contributed by atoms with E-state index in [0.717, 1.165) is 5.92 Å². The van der Waals surface area contributed by atoms with Crippen LogP contribution in [0.4, 0.5) is 0 Å². The molecular formula is C19H39N. The van der Waals surface area contributed by atoms with E-state index >= 15 is 0 Å². The van der Waals surface area contributed by atoms with Crippen LogP contribution in [0.2, 0.25) is 0 Å². The van der Waals surface area contributed by atoms with Gasteiger partial charge in [0.15, 0.2) is 0 Å². The van der Waals surface area contributed by atoms with Gasteiger partial charge in [0.05, 0.1) is 0 Å². The zero-order chi connectivity index (χ0) is 15.2. The Morgan fingerprint density at radius 1 is 0.800 bits per heavy atom. The highest BCUT2D eigenvalue weighted by Gasteiger charge is 2.20. The van der Waals surface area contributed by atoms with Crippen molar-refractivity contribution in [2.45, 2.75) is 86.5 Å². The van der Waals surface area contributed by atoms with Crippen molar-refractivity contribution in [2.24, 2.45) is 16.7 Å². The number of piperidine rings is 1. The minimum absolute atomic E-state index is 0.505. The molecule has 0 N–H and O–H groups in total. The molecule has 0 bridgehead atoms. The van der Waals surface area contributed by atoms with Gasteiger partial charge in [-0.1, -0.05) is 54.4 Å². The van der Waals surface area contributed by atoms with Crippen molar-refractivity contribution in [1.82, 2.24) is 4.90 Å². The molecule has 1 heterocycles. The molecule has 1 saturated heterocycles. The predicted octanol–water partition coefficient (Wildman–Crippen LogP) is 5.74. The van der Waals surface area contributed by atoms with Crippen molar-refractivity contribution in [3.05, 3.63) is 0 Å². The van der Waals surface area contributed by atoms with Gasteiger partial charge in [-0.25, -0.2) is 0 Å². The summed E-state index contributed by atoms with van der Waals surface area (Å²) in [6.07, 6.45) is 9.90. The minimum atomic E-state index is 0.505. The Hall–Kier alpha value is -0.0400. The highest BCUT2D eigenvalue weighted by atomic mass is 15.1. The number of rotatable bonds is 6. The van der Waals surface area contributed by atoms with Crippen molar-refractivity contribution in [1.29, 1.82) is 0 Å². The Balaban J connectivity index is 2.08. The van der Waals surface area contributed by atoms with Gasteiger partial charge in [0.2, 0.25) is 0 Å². The van der Waals surface area contributed by atoms with Crippen LogP contribution in [0.5, 0.6) is 0 Å². The Morgan fingerprint density at radius 3 is 1.80 bits per heavy atom. The Labute approximate surface area is 128 Å². The SMILES string of the molecule is CC(C)(C)CCCC1CCN(CCCC(C)(C)C)CC1. The number of hydrogen-bond donors (Lipinski definition) is 0. The van der Waals surface area contributed by atoms with E-state index in [-0.39, 0.29) is 0 Å². The summed E-state index contributed by atoms with van der Waals surface area (Å²) in [5.41, 5.74) is 1.03. The van der Waals surface area contributed by atoms with E-state index in [1.165, 1.54) is 64.6 Å². The summed E-state index contributed by atoms with van der Waals surface area (Å²) < 4.78 is 0. The fraction of sp³-hybridized carbons (Fsp3) is 1.00. The molecule has 120 valence electrons. The second-order valence-electron chi connectivity index (χ2n) is 9.40. The van der Waals surface area contributed by atoms with Crippen LogP contribution in [-0.2, 0) is 0 Å². The Kier molecular flexibility index (Phi) is 7.04. The Morgan fingerprint density at radius 2 is 1.30 bits per heavy atom. The molecule has 1 rings (SSSR count). The van der Waals surface area contributed by atoms with Crippen molar-refractivity contribution in [3.8, 4) is 0 Å². The highest BCUT2D eigenvalue weighted by molar-refractivity contribution is 4.74. The van der Waals surface area contributed by atoms with Crippen molar-refractivity contribution in [3.63, 3.8) is 0 Å². The van der Waals surface area contributed by atoms with Crippen LogP contribution in [0.1, 0.15) is 86.5 Å². The van der Waals surface area contributed by atoms with Crippen LogP contribution >= 0.6 is 0 Å². The molecule has 0 aromatic rings. The summed E-state index contributed by atoms with van der Waals surface area (Å²) in [5.74, 6) is 1.01. The highest BCUT2D eigenvalue weighted by Crippen LogP contribution is 2.28. The smallest absolute Gasteiger partial charge is 0.00161 e. The molecule has 1 heteroatoms. The molecule has 0 radical (unpaired) electrons. The van der Waals surface area contributed by atoms with Gasteiger partial charge in [-0.3, -0.25) is 0 Å². The number of hydrogen-bond acceptors (Lipinski definition) is 1. The largest absolute Gasteiger partial charge is 0.303 e. The maximum Gasteiger partial charge on any atom is -0.00161 e. The second-order valence-corrected chi connectivity index (χ2v) is 9.40. The summed E-state index contributed by atoms with van der Waals surface area (Å²) in [5, 5.41) is 0. The summed E-state index contributed by atoms with van der Waals surface area (Å²) in [7, 11) is 0. The van der Waals surface area contributed by atoms with Crippen LogP contribution in [0.3, 0.4) is 0 Å². The van der Waals surface area contributed by atoms with Gasteiger partial charge in [0.1, 0.15) is 0 Å². The van der Waals surface area contributed by atoms with Gasteiger partial charge in [-0.2, -0.15) is 0 Å². The number of likely N-dealkylation sites (tertiary alicyclic amines) is 1.